The Hall–Kier alpha value is -2.18. The molecule has 6 heteroatoms. The second kappa shape index (κ2) is 12.9. The van der Waals surface area contributed by atoms with Crippen molar-refractivity contribution in [2.75, 3.05) is 39.3 Å². The first-order valence-electron chi connectivity index (χ1n) is 14.0. The van der Waals surface area contributed by atoms with E-state index in [0.717, 1.165) is 64.7 Å². The first-order chi connectivity index (χ1) is 17.5. The Kier molecular flexibility index (Phi) is 9.60. The number of carbonyl (C=O) groups is 2. The van der Waals surface area contributed by atoms with Gasteiger partial charge in [-0.25, -0.2) is 0 Å². The summed E-state index contributed by atoms with van der Waals surface area (Å²) in [4.78, 5) is 34.4. The molecule has 0 N–H and O–H groups in total. The zero-order valence-corrected chi connectivity index (χ0v) is 23.2. The van der Waals surface area contributed by atoms with Crippen LogP contribution in [0.3, 0.4) is 0 Å². The molecule has 1 aromatic heterocycles. The number of fused-ring (bicyclic) bond motifs is 1. The zero-order valence-electron chi connectivity index (χ0n) is 22.4. The highest BCUT2D eigenvalue weighted by molar-refractivity contribution is 7.10. The minimum absolute atomic E-state index is 0.131. The van der Waals surface area contributed by atoms with Crippen LogP contribution in [0.5, 0.6) is 0 Å². The lowest BCUT2D eigenvalue weighted by atomic mass is 9.90. The predicted octanol–water partition coefficient (Wildman–Crippen LogP) is 5.67. The van der Waals surface area contributed by atoms with Gasteiger partial charge >= 0.3 is 0 Å². The van der Waals surface area contributed by atoms with E-state index in [1.807, 2.05) is 21.1 Å². The second-order valence-electron chi connectivity index (χ2n) is 10.4. The fourth-order valence-corrected chi connectivity index (χ4v) is 6.77. The van der Waals surface area contributed by atoms with Crippen molar-refractivity contribution >= 4 is 23.2 Å². The van der Waals surface area contributed by atoms with Gasteiger partial charge in [-0.3, -0.25) is 14.5 Å². The van der Waals surface area contributed by atoms with E-state index in [0.29, 0.717) is 25.4 Å². The molecular weight excluding hydrogens is 466 g/mol. The van der Waals surface area contributed by atoms with Gasteiger partial charge in [0.15, 0.2) is 0 Å². The number of carbonyl (C=O) groups excluding carboxylic acids is 2. The van der Waals surface area contributed by atoms with E-state index in [9.17, 15) is 9.59 Å². The lowest BCUT2D eigenvalue weighted by Gasteiger charge is -2.37. The first-order valence-corrected chi connectivity index (χ1v) is 14.8. The summed E-state index contributed by atoms with van der Waals surface area (Å²) in [6, 6.07) is 11.2. The molecule has 196 valence electrons. The van der Waals surface area contributed by atoms with E-state index in [-0.39, 0.29) is 17.9 Å². The smallest absolute Gasteiger partial charge is 0.225 e. The van der Waals surface area contributed by atoms with Crippen LogP contribution < -0.4 is 0 Å². The fourth-order valence-electron chi connectivity index (χ4n) is 5.86. The van der Waals surface area contributed by atoms with Crippen molar-refractivity contribution in [3.63, 3.8) is 0 Å². The molecular formula is C30H43N3O2S. The molecule has 2 aliphatic heterocycles. The molecule has 0 spiro atoms. The van der Waals surface area contributed by atoms with Gasteiger partial charge in [-0.1, -0.05) is 51.0 Å². The number of amides is 2. The molecule has 2 aliphatic rings. The van der Waals surface area contributed by atoms with Gasteiger partial charge in [-0.2, -0.15) is 0 Å². The molecule has 4 rings (SSSR count). The third-order valence-electron chi connectivity index (χ3n) is 8.07. The maximum absolute atomic E-state index is 13.3. The van der Waals surface area contributed by atoms with Crippen molar-refractivity contribution < 1.29 is 9.59 Å². The molecule has 36 heavy (non-hydrogen) atoms. The van der Waals surface area contributed by atoms with Gasteiger partial charge in [-0.05, 0) is 60.7 Å². The van der Waals surface area contributed by atoms with Gasteiger partial charge in [0.2, 0.25) is 11.8 Å². The van der Waals surface area contributed by atoms with Gasteiger partial charge in [0, 0.05) is 56.5 Å². The van der Waals surface area contributed by atoms with E-state index in [1.165, 1.54) is 21.6 Å². The minimum atomic E-state index is 0.131. The molecule has 1 saturated heterocycles. The van der Waals surface area contributed by atoms with Crippen LogP contribution in [0.25, 0.3) is 0 Å². The summed E-state index contributed by atoms with van der Waals surface area (Å²) < 4.78 is 0. The highest BCUT2D eigenvalue weighted by atomic mass is 32.1. The number of unbranched alkanes of at least 4 members (excludes halogenated alkanes) is 1. The third-order valence-corrected chi connectivity index (χ3v) is 9.07. The van der Waals surface area contributed by atoms with Crippen molar-refractivity contribution in [1.29, 1.82) is 0 Å². The van der Waals surface area contributed by atoms with Crippen molar-refractivity contribution in [3.05, 3.63) is 57.3 Å². The Bertz CT molecular complexity index is 1020. The van der Waals surface area contributed by atoms with Crippen molar-refractivity contribution in [1.82, 2.24) is 14.7 Å². The van der Waals surface area contributed by atoms with E-state index >= 15 is 0 Å². The number of rotatable bonds is 9. The fraction of sp³-hybridized carbons (Fsp3) is 0.600. The Balaban J connectivity index is 1.36. The molecule has 2 aromatic rings. The molecule has 5 nitrogen and oxygen atoms in total. The molecule has 0 aliphatic carbocycles. The molecule has 0 bridgehead atoms. The number of thiophene rings is 1. The Labute approximate surface area is 221 Å². The number of benzene rings is 1. The number of aryl methyl sites for hydroxylation is 1. The highest BCUT2D eigenvalue weighted by Gasteiger charge is 2.31. The van der Waals surface area contributed by atoms with Crippen LogP contribution >= 0.6 is 11.3 Å². The number of hydrogen-bond acceptors (Lipinski definition) is 4. The summed E-state index contributed by atoms with van der Waals surface area (Å²) in [7, 11) is 0. The maximum atomic E-state index is 13.3. The molecule has 3 heterocycles. The summed E-state index contributed by atoms with van der Waals surface area (Å²) in [6.07, 6.45) is 6.58. The first kappa shape index (κ1) is 26.9. The summed E-state index contributed by atoms with van der Waals surface area (Å²) in [6.45, 7) is 11.1. The standard InChI is InChI=1S/C30H43N3O2S/c1-4-6-11-24(5-2)30(35)33-17-9-16-31(20-21-33)28(34)14-19-32-18-13-27-26(15-22-36-27)29(32)25-12-8-7-10-23(25)3/h7-8,10,12,15,22,24,29H,4-6,9,11,13-14,16-21H2,1-3H3/t24-,29-/m0/s1. The Morgan fingerprint density at radius 3 is 2.56 bits per heavy atom. The molecule has 2 atom stereocenters. The average molecular weight is 510 g/mol. The summed E-state index contributed by atoms with van der Waals surface area (Å²) in [5, 5.41) is 2.21. The summed E-state index contributed by atoms with van der Waals surface area (Å²) in [5.74, 6) is 0.648. The minimum Gasteiger partial charge on any atom is -0.341 e. The van der Waals surface area contributed by atoms with Gasteiger partial charge in [0.25, 0.3) is 0 Å². The monoisotopic (exact) mass is 509 g/mol. The van der Waals surface area contributed by atoms with Crippen LogP contribution in [0.4, 0.5) is 0 Å². The van der Waals surface area contributed by atoms with Crippen molar-refractivity contribution in [2.24, 2.45) is 5.92 Å². The Morgan fingerprint density at radius 2 is 1.78 bits per heavy atom. The third kappa shape index (κ3) is 6.20. The average Bonchev–Trinajstić information content (AvgIpc) is 3.23. The normalized spacial score (nSPS) is 19.6. The van der Waals surface area contributed by atoms with Crippen LogP contribution in [-0.4, -0.2) is 65.8 Å². The second-order valence-corrected chi connectivity index (χ2v) is 11.4. The molecule has 0 saturated carbocycles. The number of nitrogens with zero attached hydrogens (tertiary/aromatic N) is 3. The van der Waals surface area contributed by atoms with Crippen LogP contribution in [0, 0.1) is 12.8 Å². The van der Waals surface area contributed by atoms with Crippen LogP contribution in [0.2, 0.25) is 0 Å². The number of hydrogen-bond donors (Lipinski definition) is 0. The molecule has 1 fully saturated rings. The summed E-state index contributed by atoms with van der Waals surface area (Å²) in [5.41, 5.74) is 4.06. The molecule has 0 unspecified atom stereocenters. The van der Waals surface area contributed by atoms with Crippen LogP contribution in [0.15, 0.2) is 35.7 Å². The van der Waals surface area contributed by atoms with Gasteiger partial charge in [0.05, 0.1) is 6.04 Å². The largest absolute Gasteiger partial charge is 0.341 e. The SMILES string of the molecule is CCCC[C@H](CC)C(=O)N1CCCN(C(=O)CCN2CCc3sccc3[C@@H]2c2ccccc2C)CC1. The molecule has 2 amide bonds. The van der Waals surface area contributed by atoms with Gasteiger partial charge in [0.1, 0.15) is 0 Å². The maximum Gasteiger partial charge on any atom is 0.225 e. The molecule has 0 radical (unpaired) electrons. The van der Waals surface area contributed by atoms with E-state index in [1.54, 1.807) is 0 Å². The van der Waals surface area contributed by atoms with Gasteiger partial charge in [-0.15, -0.1) is 11.3 Å². The van der Waals surface area contributed by atoms with E-state index < -0.39 is 0 Å². The van der Waals surface area contributed by atoms with Gasteiger partial charge < -0.3 is 9.80 Å². The lowest BCUT2D eigenvalue weighted by Crippen LogP contribution is -2.41. The predicted molar refractivity (Wildman–Crippen MR) is 148 cm³/mol. The summed E-state index contributed by atoms with van der Waals surface area (Å²) >= 11 is 1.86. The van der Waals surface area contributed by atoms with Crippen molar-refractivity contribution in [3.8, 4) is 0 Å². The quantitative estimate of drug-likeness (QED) is 0.437. The van der Waals surface area contributed by atoms with Crippen LogP contribution in [-0.2, 0) is 16.0 Å². The lowest BCUT2D eigenvalue weighted by molar-refractivity contribution is -0.137. The van der Waals surface area contributed by atoms with Crippen LogP contribution in [0.1, 0.15) is 80.0 Å². The highest BCUT2D eigenvalue weighted by Crippen LogP contribution is 2.38. The van der Waals surface area contributed by atoms with Crippen molar-refractivity contribution in [2.45, 2.75) is 71.8 Å². The topological polar surface area (TPSA) is 43.9 Å². The van der Waals surface area contributed by atoms with E-state index in [2.05, 4.69) is 61.4 Å². The zero-order chi connectivity index (χ0) is 25.5. The van der Waals surface area contributed by atoms with E-state index in [4.69, 9.17) is 0 Å². The Morgan fingerprint density at radius 1 is 1.00 bits per heavy atom. The molecule has 1 aromatic carbocycles.